The van der Waals surface area contributed by atoms with Crippen LogP contribution in [0.5, 0.6) is 0 Å². The van der Waals surface area contributed by atoms with Gasteiger partial charge in [-0.15, -0.1) is 0 Å². The van der Waals surface area contributed by atoms with Crippen molar-refractivity contribution in [3.8, 4) is 0 Å². The Balaban J connectivity index is 2.02. The third-order valence-electron chi connectivity index (χ3n) is 3.52. The van der Waals surface area contributed by atoms with E-state index in [4.69, 9.17) is 4.74 Å². The molecule has 2 N–H and O–H groups in total. The maximum atomic E-state index is 12.1. The number of aliphatic hydroxyl groups excluding tert-OH is 1. The zero-order chi connectivity index (χ0) is 14.0. The summed E-state index contributed by atoms with van der Waals surface area (Å²) < 4.78 is 5.61. The molecular weight excluding hydrogens is 244 g/mol. The maximum absolute atomic E-state index is 12.1. The van der Waals surface area contributed by atoms with Gasteiger partial charge >= 0.3 is 0 Å². The van der Waals surface area contributed by atoms with E-state index in [2.05, 4.69) is 0 Å². The van der Waals surface area contributed by atoms with E-state index in [0.29, 0.717) is 18.4 Å². The number of benzene rings is 1. The molecule has 0 saturated carbocycles. The molecular formula is C15H20O4. The van der Waals surface area contributed by atoms with Gasteiger partial charge in [-0.2, -0.15) is 0 Å². The monoisotopic (exact) mass is 264 g/mol. The molecule has 1 fully saturated rings. The molecule has 1 saturated heterocycles. The van der Waals surface area contributed by atoms with Crippen LogP contribution in [-0.4, -0.2) is 39.9 Å². The van der Waals surface area contributed by atoms with Crippen LogP contribution >= 0.6 is 0 Å². The van der Waals surface area contributed by atoms with Crippen molar-refractivity contribution in [3.05, 3.63) is 35.9 Å². The smallest absolute Gasteiger partial charge is 0.193 e. The summed E-state index contributed by atoms with van der Waals surface area (Å²) in [5.74, 6) is -0.331. The van der Waals surface area contributed by atoms with E-state index in [1.807, 2.05) is 6.07 Å². The molecule has 3 atom stereocenters. The third-order valence-corrected chi connectivity index (χ3v) is 3.52. The van der Waals surface area contributed by atoms with Crippen LogP contribution in [0.4, 0.5) is 0 Å². The molecule has 1 aromatic rings. The first kappa shape index (κ1) is 14.2. The van der Waals surface area contributed by atoms with E-state index in [1.54, 1.807) is 38.1 Å². The first-order valence-electron chi connectivity index (χ1n) is 6.55. The van der Waals surface area contributed by atoms with Crippen LogP contribution in [0, 0.1) is 0 Å². The number of ether oxygens (including phenoxy) is 1. The summed E-state index contributed by atoms with van der Waals surface area (Å²) in [7, 11) is 0. The fourth-order valence-corrected chi connectivity index (χ4v) is 2.36. The second kappa shape index (κ2) is 5.41. The Hall–Kier alpha value is -1.23. The lowest BCUT2D eigenvalue weighted by molar-refractivity contribution is -0.102. The summed E-state index contributed by atoms with van der Waals surface area (Å²) >= 11 is 0. The predicted octanol–water partition coefficient (Wildman–Crippen LogP) is 1.55. The molecule has 0 aliphatic carbocycles. The Bertz CT molecular complexity index is 435. The molecule has 19 heavy (non-hydrogen) atoms. The number of carbonyl (C=O) groups excluding carboxylic acids is 1. The molecule has 104 valence electrons. The first-order valence-corrected chi connectivity index (χ1v) is 6.55. The van der Waals surface area contributed by atoms with Gasteiger partial charge < -0.3 is 14.9 Å². The molecule has 1 aliphatic heterocycles. The van der Waals surface area contributed by atoms with Crippen LogP contribution in [0.3, 0.4) is 0 Å². The number of carbonyl (C=O) groups is 1. The number of hydrogen-bond donors (Lipinski definition) is 2. The zero-order valence-electron chi connectivity index (χ0n) is 11.2. The minimum absolute atomic E-state index is 0.331. The van der Waals surface area contributed by atoms with Crippen LogP contribution in [0.15, 0.2) is 30.3 Å². The standard InChI is InChI=1S/C15H20O4/c1-15(2,18)12-9-8-11(19-12)14(17)13(16)10-6-4-3-5-7-10/h3-7,11-12,14,17-18H,8-9H2,1-2H3/t11-,12+,14+/m0/s1. The number of ketones is 1. The van der Waals surface area contributed by atoms with E-state index in [9.17, 15) is 15.0 Å². The number of aliphatic hydroxyl groups is 2. The second-order valence-electron chi connectivity index (χ2n) is 5.57. The Morgan fingerprint density at radius 1 is 1.32 bits per heavy atom. The van der Waals surface area contributed by atoms with Crippen molar-refractivity contribution in [1.82, 2.24) is 0 Å². The lowest BCUT2D eigenvalue weighted by Gasteiger charge is -2.26. The Labute approximate surface area is 113 Å². The third kappa shape index (κ3) is 3.21. The molecule has 0 radical (unpaired) electrons. The molecule has 0 amide bonds. The lowest BCUT2D eigenvalue weighted by Crippen LogP contribution is -2.39. The van der Waals surface area contributed by atoms with Crippen LogP contribution in [0.25, 0.3) is 0 Å². The second-order valence-corrected chi connectivity index (χ2v) is 5.57. The summed E-state index contributed by atoms with van der Waals surface area (Å²) in [5.41, 5.74) is -0.477. The molecule has 0 aromatic heterocycles. The normalized spacial score (nSPS) is 25.3. The lowest BCUT2D eigenvalue weighted by atomic mass is 9.97. The van der Waals surface area contributed by atoms with Crippen molar-refractivity contribution in [3.63, 3.8) is 0 Å². The van der Waals surface area contributed by atoms with Gasteiger partial charge in [-0.25, -0.2) is 0 Å². The van der Waals surface area contributed by atoms with E-state index in [0.717, 1.165) is 0 Å². The number of rotatable bonds is 4. The van der Waals surface area contributed by atoms with Gasteiger partial charge in [0.1, 0.15) is 6.10 Å². The Morgan fingerprint density at radius 3 is 2.47 bits per heavy atom. The average molecular weight is 264 g/mol. The van der Waals surface area contributed by atoms with Gasteiger partial charge in [-0.1, -0.05) is 30.3 Å². The molecule has 2 rings (SSSR count). The van der Waals surface area contributed by atoms with E-state index in [1.165, 1.54) is 0 Å². The average Bonchev–Trinajstić information content (AvgIpc) is 2.87. The largest absolute Gasteiger partial charge is 0.388 e. The zero-order valence-corrected chi connectivity index (χ0v) is 11.2. The SMILES string of the molecule is CC(C)(O)[C@H]1CC[C@@H]([C@@H](O)C(=O)c2ccccc2)O1. The topological polar surface area (TPSA) is 66.8 Å². The van der Waals surface area contributed by atoms with E-state index in [-0.39, 0.29) is 11.9 Å². The fraction of sp³-hybridized carbons (Fsp3) is 0.533. The Kier molecular flexibility index (Phi) is 4.04. The predicted molar refractivity (Wildman–Crippen MR) is 71.0 cm³/mol. The Morgan fingerprint density at radius 2 is 1.95 bits per heavy atom. The molecule has 4 heteroatoms. The number of hydrogen-bond acceptors (Lipinski definition) is 4. The van der Waals surface area contributed by atoms with Crippen molar-refractivity contribution in [2.24, 2.45) is 0 Å². The van der Waals surface area contributed by atoms with Crippen LogP contribution in [0.1, 0.15) is 37.0 Å². The van der Waals surface area contributed by atoms with Gasteiger partial charge in [0.05, 0.1) is 17.8 Å². The summed E-state index contributed by atoms with van der Waals surface area (Å²) in [6.45, 7) is 3.34. The number of Topliss-reactive ketones (excluding diaryl/α,β-unsaturated/α-hetero) is 1. The highest BCUT2D eigenvalue weighted by molar-refractivity contribution is 5.99. The minimum Gasteiger partial charge on any atom is -0.388 e. The molecule has 0 spiro atoms. The fourth-order valence-electron chi connectivity index (χ4n) is 2.36. The van der Waals surface area contributed by atoms with Gasteiger partial charge in [0, 0.05) is 5.56 Å². The maximum Gasteiger partial charge on any atom is 0.193 e. The summed E-state index contributed by atoms with van der Waals surface area (Å²) in [6.07, 6.45) is -0.823. The van der Waals surface area contributed by atoms with Gasteiger partial charge in [-0.05, 0) is 26.7 Å². The summed E-state index contributed by atoms with van der Waals surface area (Å²) in [4.78, 5) is 12.1. The molecule has 0 bridgehead atoms. The molecule has 4 nitrogen and oxygen atoms in total. The molecule has 1 heterocycles. The van der Waals surface area contributed by atoms with Crippen LogP contribution < -0.4 is 0 Å². The quantitative estimate of drug-likeness (QED) is 0.810. The van der Waals surface area contributed by atoms with Gasteiger partial charge in [0.2, 0.25) is 0 Å². The summed E-state index contributed by atoms with van der Waals surface area (Å²) in [5, 5.41) is 20.0. The van der Waals surface area contributed by atoms with Crippen molar-refractivity contribution in [2.75, 3.05) is 0 Å². The highest BCUT2D eigenvalue weighted by Crippen LogP contribution is 2.30. The van der Waals surface area contributed by atoms with Crippen molar-refractivity contribution >= 4 is 5.78 Å². The highest BCUT2D eigenvalue weighted by Gasteiger charge is 2.40. The first-order chi connectivity index (χ1) is 8.89. The van der Waals surface area contributed by atoms with Crippen molar-refractivity contribution in [1.29, 1.82) is 0 Å². The molecule has 1 aromatic carbocycles. The molecule has 1 aliphatic rings. The summed E-state index contributed by atoms with van der Waals surface area (Å²) in [6, 6.07) is 8.69. The van der Waals surface area contributed by atoms with Gasteiger partial charge in [0.25, 0.3) is 0 Å². The molecule has 0 unspecified atom stereocenters. The van der Waals surface area contributed by atoms with E-state index >= 15 is 0 Å². The van der Waals surface area contributed by atoms with Crippen LogP contribution in [0.2, 0.25) is 0 Å². The van der Waals surface area contributed by atoms with Crippen molar-refractivity contribution < 1.29 is 19.7 Å². The van der Waals surface area contributed by atoms with Crippen molar-refractivity contribution in [2.45, 2.75) is 50.6 Å². The van der Waals surface area contributed by atoms with Crippen LogP contribution in [-0.2, 0) is 4.74 Å². The van der Waals surface area contributed by atoms with Gasteiger partial charge in [-0.3, -0.25) is 4.79 Å². The minimum atomic E-state index is -1.17. The van der Waals surface area contributed by atoms with E-state index < -0.39 is 17.8 Å². The highest BCUT2D eigenvalue weighted by atomic mass is 16.5. The van der Waals surface area contributed by atoms with Gasteiger partial charge in [0.15, 0.2) is 5.78 Å².